The predicted molar refractivity (Wildman–Crippen MR) is 88.4 cm³/mol. The van der Waals surface area contributed by atoms with Gasteiger partial charge < -0.3 is 5.32 Å². The summed E-state index contributed by atoms with van der Waals surface area (Å²) in [6.45, 7) is 5.85. The predicted octanol–water partition coefficient (Wildman–Crippen LogP) is 5.08. The van der Waals surface area contributed by atoms with Gasteiger partial charge in [-0.25, -0.2) is 0 Å². The zero-order valence-corrected chi connectivity index (χ0v) is 13.6. The molecule has 0 heterocycles. The van der Waals surface area contributed by atoms with Crippen molar-refractivity contribution in [2.24, 2.45) is 11.8 Å². The van der Waals surface area contributed by atoms with Crippen molar-refractivity contribution in [3.05, 3.63) is 34.9 Å². The quantitative estimate of drug-likeness (QED) is 0.670. The molecule has 2 atom stereocenters. The van der Waals surface area contributed by atoms with Crippen LogP contribution in [0.15, 0.2) is 24.3 Å². The van der Waals surface area contributed by atoms with E-state index < -0.39 is 0 Å². The second-order valence-corrected chi connectivity index (χ2v) is 6.95. The fourth-order valence-electron chi connectivity index (χ4n) is 2.99. The van der Waals surface area contributed by atoms with Crippen molar-refractivity contribution in [2.75, 3.05) is 6.54 Å². The molecule has 0 aromatic heterocycles. The third-order valence-electron chi connectivity index (χ3n) is 4.23. The molecule has 112 valence electrons. The number of benzene rings is 1. The molecule has 1 nitrogen and oxygen atoms in total. The van der Waals surface area contributed by atoms with Crippen molar-refractivity contribution in [2.45, 2.75) is 58.4 Å². The molecule has 0 aliphatic heterocycles. The number of nitrogens with one attached hydrogen (secondary N) is 1. The van der Waals surface area contributed by atoms with Crippen LogP contribution < -0.4 is 5.32 Å². The highest BCUT2D eigenvalue weighted by Crippen LogP contribution is 2.24. The molecule has 1 aliphatic carbocycles. The molecule has 1 aromatic carbocycles. The first-order valence-corrected chi connectivity index (χ1v) is 8.53. The molecule has 2 rings (SSSR count). The second kappa shape index (κ2) is 8.05. The van der Waals surface area contributed by atoms with Gasteiger partial charge in [-0.05, 0) is 61.8 Å². The summed E-state index contributed by atoms with van der Waals surface area (Å²) in [5.74, 6) is 1.58. The Labute approximate surface area is 129 Å². The summed E-state index contributed by atoms with van der Waals surface area (Å²) in [6.07, 6.45) is 7.89. The Bertz CT molecular complexity index is 383. The minimum atomic E-state index is 0.748. The van der Waals surface area contributed by atoms with Crippen molar-refractivity contribution in [3.63, 3.8) is 0 Å². The maximum Gasteiger partial charge on any atom is 0.0406 e. The molecule has 0 radical (unpaired) electrons. The van der Waals surface area contributed by atoms with Gasteiger partial charge in [0.1, 0.15) is 0 Å². The second-order valence-electron chi connectivity index (χ2n) is 6.51. The number of hydrogen-bond donors (Lipinski definition) is 1. The molecule has 1 aliphatic rings. The SMILES string of the molecule is CCCC(C)CC(CNC1CC1)Cc1ccc(Cl)cc1. The average Bonchev–Trinajstić information content (AvgIpc) is 3.23. The van der Waals surface area contributed by atoms with Crippen LogP contribution in [-0.2, 0) is 6.42 Å². The fourth-order valence-corrected chi connectivity index (χ4v) is 3.12. The van der Waals surface area contributed by atoms with Gasteiger partial charge in [-0.15, -0.1) is 0 Å². The largest absolute Gasteiger partial charge is 0.314 e. The highest BCUT2D eigenvalue weighted by atomic mass is 35.5. The Kier molecular flexibility index (Phi) is 6.38. The van der Waals surface area contributed by atoms with Crippen LogP contribution in [0.1, 0.15) is 51.5 Å². The Balaban J connectivity index is 1.87. The Morgan fingerprint density at radius 2 is 1.95 bits per heavy atom. The molecular formula is C18H28ClN. The van der Waals surface area contributed by atoms with Gasteiger partial charge in [-0.3, -0.25) is 0 Å². The highest BCUT2D eigenvalue weighted by molar-refractivity contribution is 6.30. The van der Waals surface area contributed by atoms with Crippen molar-refractivity contribution in [1.82, 2.24) is 5.32 Å². The zero-order chi connectivity index (χ0) is 14.4. The molecule has 2 unspecified atom stereocenters. The van der Waals surface area contributed by atoms with E-state index >= 15 is 0 Å². The molecule has 1 N–H and O–H groups in total. The van der Waals surface area contributed by atoms with Crippen LogP contribution in [0.4, 0.5) is 0 Å². The lowest BCUT2D eigenvalue weighted by Crippen LogP contribution is -2.27. The van der Waals surface area contributed by atoms with Crippen molar-refractivity contribution in [3.8, 4) is 0 Å². The van der Waals surface area contributed by atoms with Crippen LogP contribution in [0.2, 0.25) is 5.02 Å². The summed E-state index contributed by atoms with van der Waals surface area (Å²) in [5, 5.41) is 4.54. The minimum absolute atomic E-state index is 0.748. The normalized spacial score (nSPS) is 17.9. The summed E-state index contributed by atoms with van der Waals surface area (Å²) in [4.78, 5) is 0. The topological polar surface area (TPSA) is 12.0 Å². The maximum absolute atomic E-state index is 5.97. The lowest BCUT2D eigenvalue weighted by molar-refractivity contribution is 0.353. The van der Waals surface area contributed by atoms with Crippen LogP contribution in [-0.4, -0.2) is 12.6 Å². The first kappa shape index (κ1) is 15.9. The van der Waals surface area contributed by atoms with E-state index in [1.165, 1.54) is 50.6 Å². The molecule has 2 heteroatoms. The van der Waals surface area contributed by atoms with Crippen LogP contribution in [0, 0.1) is 11.8 Å². The third-order valence-corrected chi connectivity index (χ3v) is 4.48. The van der Waals surface area contributed by atoms with Gasteiger partial charge in [0.05, 0.1) is 0 Å². The molecule has 1 aromatic rings. The van der Waals surface area contributed by atoms with E-state index in [1.807, 2.05) is 12.1 Å². The van der Waals surface area contributed by atoms with Gasteiger partial charge >= 0.3 is 0 Å². The standard InChI is InChI=1S/C18H28ClN/c1-3-4-14(2)11-16(13-20-18-9-10-18)12-15-5-7-17(19)8-6-15/h5-8,14,16,18,20H,3-4,9-13H2,1-2H3. The number of halogens is 1. The lowest BCUT2D eigenvalue weighted by Gasteiger charge is -2.21. The molecule has 1 saturated carbocycles. The van der Waals surface area contributed by atoms with E-state index in [1.54, 1.807) is 0 Å². The molecule has 20 heavy (non-hydrogen) atoms. The molecule has 0 saturated heterocycles. The van der Waals surface area contributed by atoms with E-state index in [9.17, 15) is 0 Å². The van der Waals surface area contributed by atoms with Gasteiger partial charge in [0, 0.05) is 11.1 Å². The van der Waals surface area contributed by atoms with Gasteiger partial charge in [-0.1, -0.05) is 50.4 Å². The summed E-state index contributed by atoms with van der Waals surface area (Å²) < 4.78 is 0. The minimum Gasteiger partial charge on any atom is -0.314 e. The van der Waals surface area contributed by atoms with Crippen LogP contribution >= 0.6 is 11.6 Å². The Morgan fingerprint density at radius 1 is 1.25 bits per heavy atom. The number of hydrogen-bond acceptors (Lipinski definition) is 1. The van der Waals surface area contributed by atoms with Gasteiger partial charge in [0.15, 0.2) is 0 Å². The van der Waals surface area contributed by atoms with E-state index in [0.29, 0.717) is 0 Å². The van der Waals surface area contributed by atoms with Gasteiger partial charge in [-0.2, -0.15) is 0 Å². The summed E-state index contributed by atoms with van der Waals surface area (Å²) in [6, 6.07) is 9.19. The van der Waals surface area contributed by atoms with Crippen LogP contribution in [0.3, 0.4) is 0 Å². The zero-order valence-electron chi connectivity index (χ0n) is 12.9. The summed E-state index contributed by atoms with van der Waals surface area (Å²) in [7, 11) is 0. The van der Waals surface area contributed by atoms with Gasteiger partial charge in [0.2, 0.25) is 0 Å². The Morgan fingerprint density at radius 3 is 2.55 bits per heavy atom. The number of rotatable bonds is 9. The van der Waals surface area contributed by atoms with E-state index in [4.69, 9.17) is 11.6 Å². The van der Waals surface area contributed by atoms with E-state index in [0.717, 1.165) is 22.9 Å². The molecule has 0 amide bonds. The first-order chi connectivity index (χ1) is 9.67. The third kappa shape index (κ3) is 5.85. The van der Waals surface area contributed by atoms with Crippen LogP contribution in [0.25, 0.3) is 0 Å². The van der Waals surface area contributed by atoms with Gasteiger partial charge in [0.25, 0.3) is 0 Å². The molecule has 0 bridgehead atoms. The smallest absolute Gasteiger partial charge is 0.0406 e. The molecule has 0 spiro atoms. The van der Waals surface area contributed by atoms with Crippen molar-refractivity contribution < 1.29 is 0 Å². The van der Waals surface area contributed by atoms with Crippen LogP contribution in [0.5, 0.6) is 0 Å². The van der Waals surface area contributed by atoms with E-state index in [-0.39, 0.29) is 0 Å². The Hall–Kier alpha value is -0.530. The summed E-state index contributed by atoms with van der Waals surface area (Å²) in [5.41, 5.74) is 1.42. The monoisotopic (exact) mass is 293 g/mol. The average molecular weight is 294 g/mol. The molecule has 1 fully saturated rings. The van der Waals surface area contributed by atoms with E-state index in [2.05, 4.69) is 31.3 Å². The lowest BCUT2D eigenvalue weighted by atomic mass is 9.88. The fraction of sp³-hybridized carbons (Fsp3) is 0.667. The maximum atomic E-state index is 5.97. The highest BCUT2D eigenvalue weighted by Gasteiger charge is 2.22. The first-order valence-electron chi connectivity index (χ1n) is 8.15. The summed E-state index contributed by atoms with van der Waals surface area (Å²) >= 11 is 5.97. The van der Waals surface area contributed by atoms with Crippen molar-refractivity contribution in [1.29, 1.82) is 0 Å². The van der Waals surface area contributed by atoms with Crippen molar-refractivity contribution >= 4 is 11.6 Å². The molecular weight excluding hydrogens is 266 g/mol.